The number of thiocarbonyl (C=S) groups is 1. The van der Waals surface area contributed by atoms with Crippen LogP contribution in [-0.2, 0) is 0 Å². The predicted molar refractivity (Wildman–Crippen MR) is 96.1 cm³/mol. The van der Waals surface area contributed by atoms with E-state index in [1.54, 1.807) is 37.1 Å². The molecule has 0 bridgehead atoms. The summed E-state index contributed by atoms with van der Waals surface area (Å²) in [6.07, 6.45) is 2.02. The average Bonchev–Trinajstić information content (AvgIpc) is 2.48. The maximum absolute atomic E-state index is 6.00. The topological polar surface area (TPSA) is 33.3 Å². The Morgan fingerprint density at radius 2 is 1.86 bits per heavy atom. The highest BCUT2D eigenvalue weighted by Gasteiger charge is 2.07. The summed E-state index contributed by atoms with van der Waals surface area (Å²) >= 11 is 13.0. The zero-order valence-corrected chi connectivity index (χ0v) is 14.0. The fourth-order valence-electron chi connectivity index (χ4n) is 1.80. The van der Waals surface area contributed by atoms with Crippen molar-refractivity contribution in [2.24, 2.45) is 0 Å². The van der Waals surface area contributed by atoms with E-state index in [1.165, 1.54) is 0 Å². The molecule has 0 saturated heterocycles. The molecule has 0 amide bonds. The number of methoxy groups -OCH3 is 1. The number of rotatable bonds is 4. The van der Waals surface area contributed by atoms with Crippen molar-refractivity contribution in [2.45, 2.75) is 4.90 Å². The lowest BCUT2D eigenvalue weighted by molar-refractivity contribution is 0.417. The molecule has 0 aliphatic carbocycles. The van der Waals surface area contributed by atoms with Crippen molar-refractivity contribution in [3.8, 4) is 5.75 Å². The minimum absolute atomic E-state index is 0.483. The number of thioether (sulfide) groups is 1. The van der Waals surface area contributed by atoms with Crippen LogP contribution in [0.25, 0.3) is 0 Å². The third-order valence-electron chi connectivity index (χ3n) is 2.76. The highest BCUT2D eigenvalue weighted by molar-refractivity contribution is 7.98. The van der Waals surface area contributed by atoms with E-state index < -0.39 is 0 Å². The maximum Gasteiger partial charge on any atom is 0.175 e. The van der Waals surface area contributed by atoms with Crippen LogP contribution in [0.1, 0.15) is 0 Å². The van der Waals surface area contributed by atoms with Gasteiger partial charge in [0.05, 0.1) is 18.5 Å². The van der Waals surface area contributed by atoms with Crippen LogP contribution in [0.5, 0.6) is 5.75 Å². The van der Waals surface area contributed by atoms with E-state index in [0.29, 0.717) is 15.9 Å². The number of hydrogen-bond donors (Lipinski definition) is 2. The van der Waals surface area contributed by atoms with Gasteiger partial charge in [0, 0.05) is 9.92 Å². The number of halogens is 1. The van der Waals surface area contributed by atoms with Gasteiger partial charge in [-0.2, -0.15) is 0 Å². The summed E-state index contributed by atoms with van der Waals surface area (Å²) in [4.78, 5) is 1.12. The number of anilines is 2. The monoisotopic (exact) mass is 338 g/mol. The van der Waals surface area contributed by atoms with E-state index in [-0.39, 0.29) is 0 Å². The number of hydrogen-bond acceptors (Lipinski definition) is 3. The van der Waals surface area contributed by atoms with E-state index in [0.717, 1.165) is 16.3 Å². The molecule has 0 aliphatic heterocycles. The Labute approximate surface area is 139 Å². The van der Waals surface area contributed by atoms with Crippen LogP contribution in [0, 0.1) is 0 Å². The summed E-state index contributed by atoms with van der Waals surface area (Å²) in [5.74, 6) is 0.682. The van der Waals surface area contributed by atoms with Crippen molar-refractivity contribution in [3.63, 3.8) is 0 Å². The Morgan fingerprint density at radius 1 is 1.14 bits per heavy atom. The molecule has 2 N–H and O–H groups in total. The Balaban J connectivity index is 2.13. The maximum atomic E-state index is 6.00. The molecule has 2 aromatic carbocycles. The number of benzene rings is 2. The normalized spacial score (nSPS) is 10.0. The third kappa shape index (κ3) is 4.27. The molecule has 2 rings (SSSR count). The molecule has 0 fully saturated rings. The molecule has 0 atom stereocenters. The molecule has 2 aromatic rings. The second-order valence-corrected chi connectivity index (χ2v) is 5.82. The molecular formula is C15H15ClN2OS2. The largest absolute Gasteiger partial charge is 0.495 e. The van der Waals surface area contributed by atoms with Crippen molar-refractivity contribution in [1.29, 1.82) is 0 Å². The van der Waals surface area contributed by atoms with Crippen molar-refractivity contribution in [2.75, 3.05) is 24.0 Å². The van der Waals surface area contributed by atoms with Crippen LogP contribution < -0.4 is 15.4 Å². The van der Waals surface area contributed by atoms with E-state index in [4.69, 9.17) is 28.6 Å². The summed E-state index contributed by atoms with van der Waals surface area (Å²) in [6, 6.07) is 13.3. The summed E-state index contributed by atoms with van der Waals surface area (Å²) in [5.41, 5.74) is 1.69. The van der Waals surface area contributed by atoms with Crippen molar-refractivity contribution in [1.82, 2.24) is 0 Å². The number of nitrogens with one attached hydrogen (secondary N) is 2. The quantitative estimate of drug-likeness (QED) is 0.613. The average molecular weight is 339 g/mol. The Hall–Kier alpha value is -1.43. The highest BCUT2D eigenvalue weighted by Crippen LogP contribution is 2.29. The molecule has 0 unspecified atom stereocenters. The van der Waals surface area contributed by atoms with Crippen molar-refractivity contribution in [3.05, 3.63) is 47.5 Å². The van der Waals surface area contributed by atoms with Gasteiger partial charge in [0.2, 0.25) is 0 Å². The van der Waals surface area contributed by atoms with E-state index in [2.05, 4.69) is 10.6 Å². The van der Waals surface area contributed by atoms with Gasteiger partial charge in [-0.3, -0.25) is 0 Å². The van der Waals surface area contributed by atoms with Crippen LogP contribution in [0.4, 0.5) is 11.4 Å². The SMILES string of the molecule is COc1ccc(Cl)cc1NC(=S)Nc1ccccc1SC. The third-order valence-corrected chi connectivity index (χ3v) is 4.00. The molecular weight excluding hydrogens is 324 g/mol. The Morgan fingerprint density at radius 3 is 2.57 bits per heavy atom. The summed E-state index contributed by atoms with van der Waals surface area (Å²) in [6.45, 7) is 0. The molecule has 0 heterocycles. The molecule has 0 spiro atoms. The summed E-state index contributed by atoms with van der Waals surface area (Å²) in [7, 11) is 1.61. The van der Waals surface area contributed by atoms with Gasteiger partial charge in [-0.05, 0) is 48.8 Å². The molecule has 0 radical (unpaired) electrons. The first-order chi connectivity index (χ1) is 10.1. The molecule has 0 aromatic heterocycles. The van der Waals surface area contributed by atoms with E-state index in [1.807, 2.05) is 30.5 Å². The Bertz CT molecular complexity index is 649. The van der Waals surface area contributed by atoms with Crippen LogP contribution in [0.2, 0.25) is 5.02 Å². The zero-order valence-electron chi connectivity index (χ0n) is 11.6. The standard InChI is InChI=1S/C15H15ClN2OS2/c1-19-13-8-7-10(16)9-12(13)18-15(20)17-11-5-3-4-6-14(11)21-2/h3-9H,1-2H3,(H2,17,18,20). The predicted octanol–water partition coefficient (Wildman–Crippen LogP) is 4.88. The fourth-order valence-corrected chi connectivity index (χ4v) is 2.75. The zero-order chi connectivity index (χ0) is 15.2. The van der Waals surface area contributed by atoms with Gasteiger partial charge >= 0.3 is 0 Å². The molecule has 0 saturated carbocycles. The van der Waals surface area contributed by atoms with Gasteiger partial charge < -0.3 is 15.4 Å². The first kappa shape index (κ1) is 15.9. The minimum atomic E-state index is 0.483. The molecule has 3 nitrogen and oxygen atoms in total. The van der Waals surface area contributed by atoms with Gasteiger partial charge in [-0.1, -0.05) is 23.7 Å². The number of para-hydroxylation sites is 1. The minimum Gasteiger partial charge on any atom is -0.495 e. The molecule has 110 valence electrons. The van der Waals surface area contributed by atoms with Gasteiger partial charge in [0.25, 0.3) is 0 Å². The lowest BCUT2D eigenvalue weighted by atomic mass is 10.3. The lowest BCUT2D eigenvalue weighted by Crippen LogP contribution is -2.19. The van der Waals surface area contributed by atoms with Gasteiger partial charge in [0.15, 0.2) is 5.11 Å². The van der Waals surface area contributed by atoms with Gasteiger partial charge in [-0.15, -0.1) is 11.8 Å². The van der Waals surface area contributed by atoms with E-state index >= 15 is 0 Å². The van der Waals surface area contributed by atoms with Gasteiger partial charge in [0.1, 0.15) is 5.75 Å². The lowest BCUT2D eigenvalue weighted by Gasteiger charge is -2.15. The Kier molecular flexibility index (Phi) is 5.73. The summed E-state index contributed by atoms with van der Waals surface area (Å²) in [5, 5.41) is 7.38. The molecule has 21 heavy (non-hydrogen) atoms. The second-order valence-electron chi connectivity index (χ2n) is 4.12. The van der Waals surface area contributed by atoms with E-state index in [9.17, 15) is 0 Å². The van der Waals surface area contributed by atoms with Crippen LogP contribution in [-0.4, -0.2) is 18.5 Å². The summed E-state index contributed by atoms with van der Waals surface area (Å²) < 4.78 is 5.28. The van der Waals surface area contributed by atoms with Crippen LogP contribution in [0.3, 0.4) is 0 Å². The van der Waals surface area contributed by atoms with Crippen molar-refractivity contribution >= 4 is 52.1 Å². The van der Waals surface area contributed by atoms with Crippen LogP contribution in [0.15, 0.2) is 47.4 Å². The first-order valence-electron chi connectivity index (χ1n) is 6.18. The first-order valence-corrected chi connectivity index (χ1v) is 8.19. The fraction of sp³-hybridized carbons (Fsp3) is 0.133. The highest BCUT2D eigenvalue weighted by atomic mass is 35.5. The van der Waals surface area contributed by atoms with Gasteiger partial charge in [-0.25, -0.2) is 0 Å². The smallest absolute Gasteiger partial charge is 0.175 e. The second kappa shape index (κ2) is 7.54. The number of ether oxygens (including phenoxy) is 1. The van der Waals surface area contributed by atoms with Crippen molar-refractivity contribution < 1.29 is 4.74 Å². The molecule has 0 aliphatic rings. The molecule has 6 heteroatoms. The van der Waals surface area contributed by atoms with Crippen LogP contribution >= 0.6 is 35.6 Å².